The predicted molar refractivity (Wildman–Crippen MR) is 69.0 cm³/mol. The molecular weight excluding hydrogens is 281 g/mol. The van der Waals surface area contributed by atoms with E-state index in [4.69, 9.17) is 5.26 Å². The van der Waals surface area contributed by atoms with Crippen molar-refractivity contribution in [2.45, 2.75) is 6.92 Å². The third-order valence-corrected chi connectivity index (χ3v) is 2.99. The predicted octanol–water partition coefficient (Wildman–Crippen LogP) is 4.44. The molecule has 0 aromatic heterocycles. The third kappa shape index (κ3) is 2.37. The average molecular weight is 290 g/mol. The van der Waals surface area contributed by atoms with Crippen LogP contribution in [-0.2, 0) is 0 Å². The second kappa shape index (κ2) is 4.68. The van der Waals surface area contributed by atoms with Gasteiger partial charge in [-0.3, -0.25) is 0 Å². The highest BCUT2D eigenvalue weighted by Crippen LogP contribution is 2.28. The number of rotatable bonds is 1. The Kier molecular flexibility index (Phi) is 3.26. The lowest BCUT2D eigenvalue weighted by molar-refractivity contribution is 0.622. The first-order valence-electron chi connectivity index (χ1n) is 5.08. The van der Waals surface area contributed by atoms with E-state index in [1.165, 1.54) is 0 Å². The normalized spacial score (nSPS) is 10.0. The fourth-order valence-corrected chi connectivity index (χ4v) is 2.17. The molecule has 0 unspecified atom stereocenters. The lowest BCUT2D eigenvalue weighted by atomic mass is 10.0. The summed E-state index contributed by atoms with van der Waals surface area (Å²) in [6.45, 7) is 1.72. The SMILES string of the molecule is Cc1cccc(-c2cc(Br)cc(C#N)c2)c1F. The maximum atomic E-state index is 14.0. The lowest BCUT2D eigenvalue weighted by Crippen LogP contribution is -1.89. The number of hydrogen-bond acceptors (Lipinski definition) is 1. The van der Waals surface area contributed by atoms with Gasteiger partial charge in [0.05, 0.1) is 11.6 Å². The molecule has 84 valence electrons. The summed E-state index contributed by atoms with van der Waals surface area (Å²) in [4.78, 5) is 0. The first-order chi connectivity index (χ1) is 8.11. The Balaban J connectivity index is 2.65. The number of benzene rings is 2. The van der Waals surface area contributed by atoms with Crippen molar-refractivity contribution >= 4 is 15.9 Å². The molecule has 3 heteroatoms. The number of nitrogens with zero attached hydrogens (tertiary/aromatic N) is 1. The van der Waals surface area contributed by atoms with E-state index in [9.17, 15) is 4.39 Å². The van der Waals surface area contributed by atoms with Crippen LogP contribution in [0.4, 0.5) is 4.39 Å². The molecular formula is C14H9BrFN. The van der Waals surface area contributed by atoms with Gasteiger partial charge < -0.3 is 0 Å². The summed E-state index contributed by atoms with van der Waals surface area (Å²) in [5, 5.41) is 8.89. The highest BCUT2D eigenvalue weighted by molar-refractivity contribution is 9.10. The highest BCUT2D eigenvalue weighted by atomic mass is 79.9. The van der Waals surface area contributed by atoms with Gasteiger partial charge in [0.2, 0.25) is 0 Å². The van der Waals surface area contributed by atoms with E-state index in [2.05, 4.69) is 22.0 Å². The first kappa shape index (κ1) is 11.8. The number of hydrogen-bond donors (Lipinski definition) is 0. The summed E-state index contributed by atoms with van der Waals surface area (Å²) in [5.74, 6) is -0.241. The standard InChI is InChI=1S/C14H9BrFN/c1-9-3-2-4-13(14(9)16)11-5-10(8-17)6-12(15)7-11/h2-7H,1H3. The van der Waals surface area contributed by atoms with Gasteiger partial charge >= 0.3 is 0 Å². The second-order valence-corrected chi connectivity index (χ2v) is 4.69. The summed E-state index contributed by atoms with van der Waals surface area (Å²) >= 11 is 3.32. The van der Waals surface area contributed by atoms with E-state index < -0.39 is 0 Å². The molecule has 0 fully saturated rings. The van der Waals surface area contributed by atoms with Crippen LogP contribution in [0.15, 0.2) is 40.9 Å². The van der Waals surface area contributed by atoms with Crippen molar-refractivity contribution in [2.24, 2.45) is 0 Å². The van der Waals surface area contributed by atoms with Gasteiger partial charge in [-0.15, -0.1) is 0 Å². The number of nitriles is 1. The van der Waals surface area contributed by atoms with Crippen molar-refractivity contribution < 1.29 is 4.39 Å². The van der Waals surface area contributed by atoms with Gasteiger partial charge in [-0.05, 0) is 36.2 Å². The zero-order valence-electron chi connectivity index (χ0n) is 9.17. The quantitative estimate of drug-likeness (QED) is 0.762. The summed E-state index contributed by atoms with van der Waals surface area (Å²) in [7, 11) is 0. The van der Waals surface area contributed by atoms with Crippen LogP contribution < -0.4 is 0 Å². The molecule has 2 aromatic rings. The van der Waals surface area contributed by atoms with Crippen LogP contribution >= 0.6 is 15.9 Å². The third-order valence-electron chi connectivity index (χ3n) is 2.53. The molecule has 2 rings (SSSR count). The minimum Gasteiger partial charge on any atom is -0.206 e. The Morgan fingerprint density at radius 2 is 2.00 bits per heavy atom. The van der Waals surface area contributed by atoms with E-state index in [0.717, 1.165) is 4.47 Å². The lowest BCUT2D eigenvalue weighted by Gasteiger charge is -2.06. The molecule has 0 amide bonds. The van der Waals surface area contributed by atoms with E-state index in [1.54, 1.807) is 43.3 Å². The maximum Gasteiger partial charge on any atom is 0.133 e. The van der Waals surface area contributed by atoms with Gasteiger partial charge in [0.25, 0.3) is 0 Å². The van der Waals surface area contributed by atoms with Gasteiger partial charge in [-0.2, -0.15) is 5.26 Å². The monoisotopic (exact) mass is 289 g/mol. The minimum atomic E-state index is -0.241. The van der Waals surface area contributed by atoms with E-state index in [-0.39, 0.29) is 5.82 Å². The number of aryl methyl sites for hydroxylation is 1. The molecule has 0 saturated carbocycles. The summed E-state index contributed by atoms with van der Waals surface area (Å²) in [6.07, 6.45) is 0. The van der Waals surface area contributed by atoms with E-state index in [0.29, 0.717) is 22.3 Å². The van der Waals surface area contributed by atoms with Crippen LogP contribution in [0.1, 0.15) is 11.1 Å². The van der Waals surface area contributed by atoms with E-state index in [1.807, 2.05) is 0 Å². The molecule has 0 radical (unpaired) electrons. The molecule has 2 aromatic carbocycles. The Labute approximate surface area is 108 Å². The van der Waals surface area contributed by atoms with Gasteiger partial charge in [0, 0.05) is 10.0 Å². The van der Waals surface area contributed by atoms with Crippen molar-refractivity contribution in [2.75, 3.05) is 0 Å². The Bertz CT molecular complexity index is 614. The van der Waals surface area contributed by atoms with Crippen LogP contribution in [0.5, 0.6) is 0 Å². The molecule has 1 nitrogen and oxygen atoms in total. The largest absolute Gasteiger partial charge is 0.206 e. The molecule has 0 aliphatic rings. The van der Waals surface area contributed by atoms with Crippen LogP contribution in [0.3, 0.4) is 0 Å². The average Bonchev–Trinajstić information content (AvgIpc) is 2.31. The first-order valence-corrected chi connectivity index (χ1v) is 5.87. The Hall–Kier alpha value is -1.66. The molecule has 0 aliphatic heterocycles. The minimum absolute atomic E-state index is 0.241. The fraction of sp³-hybridized carbons (Fsp3) is 0.0714. The molecule has 0 atom stereocenters. The van der Waals surface area contributed by atoms with Gasteiger partial charge in [-0.25, -0.2) is 4.39 Å². The van der Waals surface area contributed by atoms with Crippen molar-refractivity contribution in [1.29, 1.82) is 5.26 Å². The van der Waals surface area contributed by atoms with Crippen LogP contribution in [0.2, 0.25) is 0 Å². The van der Waals surface area contributed by atoms with Crippen molar-refractivity contribution in [3.05, 3.63) is 57.8 Å². The van der Waals surface area contributed by atoms with Gasteiger partial charge in [-0.1, -0.05) is 34.1 Å². The highest BCUT2D eigenvalue weighted by Gasteiger charge is 2.08. The van der Waals surface area contributed by atoms with Gasteiger partial charge in [0.15, 0.2) is 0 Å². The van der Waals surface area contributed by atoms with Crippen molar-refractivity contribution in [3.8, 4) is 17.2 Å². The molecule has 0 bridgehead atoms. The van der Waals surface area contributed by atoms with Crippen LogP contribution in [-0.4, -0.2) is 0 Å². The molecule has 0 N–H and O–H groups in total. The summed E-state index contributed by atoms with van der Waals surface area (Å²) < 4.78 is 14.7. The van der Waals surface area contributed by atoms with E-state index >= 15 is 0 Å². The molecule has 0 spiro atoms. The summed E-state index contributed by atoms with van der Waals surface area (Å²) in [5.41, 5.74) is 2.33. The Morgan fingerprint density at radius 3 is 2.71 bits per heavy atom. The van der Waals surface area contributed by atoms with Crippen LogP contribution in [0.25, 0.3) is 11.1 Å². The zero-order valence-corrected chi connectivity index (χ0v) is 10.8. The van der Waals surface area contributed by atoms with Crippen molar-refractivity contribution in [1.82, 2.24) is 0 Å². The second-order valence-electron chi connectivity index (χ2n) is 3.78. The summed E-state index contributed by atoms with van der Waals surface area (Å²) in [6, 6.07) is 12.5. The maximum absolute atomic E-state index is 14.0. The topological polar surface area (TPSA) is 23.8 Å². The smallest absolute Gasteiger partial charge is 0.133 e. The number of halogens is 2. The Morgan fingerprint density at radius 1 is 1.24 bits per heavy atom. The fourth-order valence-electron chi connectivity index (χ4n) is 1.68. The van der Waals surface area contributed by atoms with Crippen LogP contribution in [0, 0.1) is 24.1 Å². The molecule has 0 heterocycles. The zero-order chi connectivity index (χ0) is 12.4. The molecule has 0 saturated heterocycles. The molecule has 17 heavy (non-hydrogen) atoms. The van der Waals surface area contributed by atoms with Gasteiger partial charge in [0.1, 0.15) is 5.82 Å². The molecule has 0 aliphatic carbocycles. The van der Waals surface area contributed by atoms with Crippen molar-refractivity contribution in [3.63, 3.8) is 0 Å².